The molecule has 0 N–H and O–H groups in total. The second-order valence-electron chi connectivity index (χ2n) is 3.39. The fourth-order valence-electron chi connectivity index (χ4n) is 1.30. The zero-order valence-corrected chi connectivity index (χ0v) is 9.64. The van der Waals surface area contributed by atoms with Crippen LogP contribution in [0.15, 0.2) is 16.8 Å². The summed E-state index contributed by atoms with van der Waals surface area (Å²) in [5.41, 5.74) is 1.22. The van der Waals surface area contributed by atoms with E-state index in [4.69, 9.17) is 4.74 Å². The highest BCUT2D eigenvalue weighted by atomic mass is 32.1. The molecule has 0 saturated carbocycles. The van der Waals surface area contributed by atoms with Crippen LogP contribution < -0.4 is 0 Å². The first-order valence-corrected chi connectivity index (χ1v) is 5.79. The lowest BCUT2D eigenvalue weighted by molar-refractivity contribution is -0.148. The average Bonchev–Trinajstić information content (AvgIpc) is 2.68. The van der Waals surface area contributed by atoms with Gasteiger partial charge in [-0.1, -0.05) is 13.8 Å². The van der Waals surface area contributed by atoms with Gasteiger partial charge in [0.2, 0.25) is 0 Å². The smallest absolute Gasteiger partial charge is 0.309 e. The van der Waals surface area contributed by atoms with E-state index in [1.54, 1.807) is 11.3 Å². The molecule has 1 rings (SSSR count). The zero-order chi connectivity index (χ0) is 10.6. The first-order valence-electron chi connectivity index (χ1n) is 4.85. The molecule has 0 bridgehead atoms. The Balaban J connectivity index is 2.61. The molecule has 78 valence electrons. The number of esters is 1. The fourth-order valence-corrected chi connectivity index (χ4v) is 2.07. The van der Waals surface area contributed by atoms with Crippen LogP contribution in [0.3, 0.4) is 0 Å². The molecule has 0 saturated heterocycles. The van der Waals surface area contributed by atoms with Crippen molar-refractivity contribution in [2.45, 2.75) is 26.7 Å². The quantitative estimate of drug-likeness (QED) is 0.717. The summed E-state index contributed by atoms with van der Waals surface area (Å²) in [7, 11) is 0. The minimum Gasteiger partial charge on any atom is -0.466 e. The number of hydrogen-bond donors (Lipinski definition) is 0. The van der Waals surface area contributed by atoms with Crippen molar-refractivity contribution < 1.29 is 9.53 Å². The molecule has 2 unspecified atom stereocenters. The van der Waals surface area contributed by atoms with Gasteiger partial charge in [-0.15, -0.1) is 0 Å². The van der Waals surface area contributed by atoms with Crippen molar-refractivity contribution in [3.8, 4) is 0 Å². The summed E-state index contributed by atoms with van der Waals surface area (Å²) in [6.45, 7) is 6.27. The normalized spacial score (nSPS) is 14.8. The molecule has 0 amide bonds. The predicted octanol–water partition coefficient (Wildman–Crippen LogP) is 3.05. The highest BCUT2D eigenvalue weighted by Gasteiger charge is 2.22. The first kappa shape index (κ1) is 11.2. The maximum Gasteiger partial charge on any atom is 0.309 e. The third kappa shape index (κ3) is 2.58. The van der Waals surface area contributed by atoms with E-state index in [-0.39, 0.29) is 17.8 Å². The molecule has 2 atom stereocenters. The van der Waals surface area contributed by atoms with Gasteiger partial charge in [0.05, 0.1) is 12.5 Å². The van der Waals surface area contributed by atoms with Gasteiger partial charge in [-0.3, -0.25) is 4.79 Å². The molecule has 0 aliphatic carbocycles. The third-order valence-corrected chi connectivity index (χ3v) is 3.18. The molecule has 3 heteroatoms. The summed E-state index contributed by atoms with van der Waals surface area (Å²) in [6.07, 6.45) is 0. The molecule has 14 heavy (non-hydrogen) atoms. The van der Waals surface area contributed by atoms with Crippen LogP contribution in [0.25, 0.3) is 0 Å². The predicted molar refractivity (Wildman–Crippen MR) is 58.5 cm³/mol. The topological polar surface area (TPSA) is 26.3 Å². The van der Waals surface area contributed by atoms with Gasteiger partial charge in [0.25, 0.3) is 0 Å². The zero-order valence-electron chi connectivity index (χ0n) is 8.82. The molecular weight excluding hydrogens is 196 g/mol. The Bertz CT molecular complexity index is 279. The summed E-state index contributed by atoms with van der Waals surface area (Å²) in [6, 6.07) is 2.06. The standard InChI is InChI=1S/C11H16O2S/c1-4-13-11(12)9(3)8(2)10-5-6-14-7-10/h5-9H,4H2,1-3H3. The molecular formula is C11H16O2S. The summed E-state index contributed by atoms with van der Waals surface area (Å²) in [4.78, 5) is 11.5. The Morgan fingerprint density at radius 3 is 2.79 bits per heavy atom. The van der Waals surface area contributed by atoms with Gasteiger partial charge < -0.3 is 4.74 Å². The van der Waals surface area contributed by atoms with Gasteiger partial charge in [-0.25, -0.2) is 0 Å². The molecule has 1 aromatic rings. The van der Waals surface area contributed by atoms with Crippen LogP contribution in [0.4, 0.5) is 0 Å². The molecule has 2 nitrogen and oxygen atoms in total. The van der Waals surface area contributed by atoms with Crippen molar-refractivity contribution in [1.82, 2.24) is 0 Å². The summed E-state index contributed by atoms with van der Waals surface area (Å²) >= 11 is 1.66. The molecule has 0 aromatic carbocycles. The number of carbonyl (C=O) groups excluding carboxylic acids is 1. The fraction of sp³-hybridized carbons (Fsp3) is 0.545. The highest BCUT2D eigenvalue weighted by molar-refractivity contribution is 7.07. The van der Waals surface area contributed by atoms with E-state index in [0.29, 0.717) is 6.61 Å². The minimum absolute atomic E-state index is 0.0652. The molecule has 0 aliphatic rings. The Morgan fingerprint density at radius 1 is 1.57 bits per heavy atom. The number of ether oxygens (including phenoxy) is 1. The second kappa shape index (κ2) is 5.15. The van der Waals surface area contributed by atoms with Gasteiger partial charge in [-0.2, -0.15) is 11.3 Å². The van der Waals surface area contributed by atoms with E-state index in [0.717, 1.165) is 0 Å². The van der Waals surface area contributed by atoms with Gasteiger partial charge >= 0.3 is 5.97 Å². The summed E-state index contributed by atoms with van der Waals surface area (Å²) in [5.74, 6) is 0.0658. The first-order chi connectivity index (χ1) is 6.66. The van der Waals surface area contributed by atoms with Gasteiger partial charge in [-0.05, 0) is 35.2 Å². The minimum atomic E-state index is -0.105. The highest BCUT2D eigenvalue weighted by Crippen LogP contribution is 2.26. The second-order valence-corrected chi connectivity index (χ2v) is 4.17. The Hall–Kier alpha value is -0.830. The lowest BCUT2D eigenvalue weighted by Gasteiger charge is -2.17. The Morgan fingerprint density at radius 2 is 2.29 bits per heavy atom. The van der Waals surface area contributed by atoms with Crippen molar-refractivity contribution in [3.63, 3.8) is 0 Å². The van der Waals surface area contributed by atoms with Crippen molar-refractivity contribution in [1.29, 1.82) is 0 Å². The molecule has 0 fully saturated rings. The Labute approximate surface area is 88.9 Å². The number of carbonyl (C=O) groups is 1. The molecule has 0 radical (unpaired) electrons. The van der Waals surface area contributed by atoms with Gasteiger partial charge in [0, 0.05) is 0 Å². The van der Waals surface area contributed by atoms with Crippen molar-refractivity contribution in [3.05, 3.63) is 22.4 Å². The van der Waals surface area contributed by atoms with Crippen molar-refractivity contribution in [2.75, 3.05) is 6.61 Å². The molecule has 1 heterocycles. The maximum atomic E-state index is 11.5. The maximum absolute atomic E-state index is 11.5. The van der Waals surface area contributed by atoms with Crippen LogP contribution in [0.2, 0.25) is 0 Å². The van der Waals surface area contributed by atoms with Crippen LogP contribution in [0, 0.1) is 5.92 Å². The third-order valence-electron chi connectivity index (χ3n) is 2.48. The van der Waals surface area contributed by atoms with Crippen LogP contribution in [0.5, 0.6) is 0 Å². The van der Waals surface area contributed by atoms with Crippen LogP contribution in [0.1, 0.15) is 32.3 Å². The lowest BCUT2D eigenvalue weighted by Crippen LogP contribution is -2.19. The van der Waals surface area contributed by atoms with E-state index < -0.39 is 0 Å². The van der Waals surface area contributed by atoms with Crippen LogP contribution in [-0.4, -0.2) is 12.6 Å². The van der Waals surface area contributed by atoms with Gasteiger partial charge in [0.1, 0.15) is 0 Å². The van der Waals surface area contributed by atoms with E-state index in [1.165, 1.54) is 5.56 Å². The van der Waals surface area contributed by atoms with Crippen LogP contribution >= 0.6 is 11.3 Å². The number of rotatable bonds is 4. The lowest BCUT2D eigenvalue weighted by atomic mass is 9.91. The molecule has 1 aromatic heterocycles. The molecule has 0 aliphatic heterocycles. The Kier molecular flexibility index (Phi) is 4.14. The van der Waals surface area contributed by atoms with Crippen LogP contribution in [-0.2, 0) is 9.53 Å². The van der Waals surface area contributed by atoms with Crippen molar-refractivity contribution >= 4 is 17.3 Å². The van der Waals surface area contributed by atoms with E-state index >= 15 is 0 Å². The number of hydrogen-bond acceptors (Lipinski definition) is 3. The number of thiophene rings is 1. The SMILES string of the molecule is CCOC(=O)C(C)C(C)c1ccsc1. The average molecular weight is 212 g/mol. The van der Waals surface area contributed by atoms with Gasteiger partial charge in [0.15, 0.2) is 0 Å². The largest absolute Gasteiger partial charge is 0.466 e. The summed E-state index contributed by atoms with van der Waals surface area (Å²) < 4.78 is 4.99. The van der Waals surface area contributed by atoms with E-state index in [1.807, 2.05) is 19.2 Å². The molecule has 0 spiro atoms. The summed E-state index contributed by atoms with van der Waals surface area (Å²) in [5, 5.41) is 4.12. The monoisotopic (exact) mass is 212 g/mol. The van der Waals surface area contributed by atoms with Crippen molar-refractivity contribution in [2.24, 2.45) is 5.92 Å². The van der Waals surface area contributed by atoms with E-state index in [2.05, 4.69) is 18.4 Å². The van der Waals surface area contributed by atoms with E-state index in [9.17, 15) is 4.79 Å².